The second-order valence-electron chi connectivity index (χ2n) is 9.45. The number of sulfonamides is 1. The van der Waals surface area contributed by atoms with E-state index in [0.29, 0.717) is 16.3 Å². The molecule has 0 N–H and O–H groups in total. The van der Waals surface area contributed by atoms with Crippen molar-refractivity contribution < 1.29 is 32.1 Å². The molecule has 11 heteroatoms. The van der Waals surface area contributed by atoms with Crippen molar-refractivity contribution in [1.82, 2.24) is 0 Å². The highest BCUT2D eigenvalue weighted by molar-refractivity contribution is 7.93. The number of hydrogen-bond donors (Lipinski definition) is 0. The molecule has 0 saturated carbocycles. The maximum Gasteiger partial charge on any atom is 0.342 e. The van der Waals surface area contributed by atoms with Crippen LogP contribution in [-0.2, 0) is 21.2 Å². The number of furan rings is 1. The van der Waals surface area contributed by atoms with Crippen molar-refractivity contribution in [3.63, 3.8) is 0 Å². The van der Waals surface area contributed by atoms with Gasteiger partial charge in [-0.05, 0) is 61.4 Å². The molecule has 0 atom stereocenters. The molecular weight excluding hydrogens is 572 g/mol. The molecule has 218 valence electrons. The minimum atomic E-state index is -4.51. The van der Waals surface area contributed by atoms with Gasteiger partial charge in [-0.15, -0.1) is 0 Å². The van der Waals surface area contributed by atoms with E-state index in [4.69, 9.17) is 9.15 Å². The van der Waals surface area contributed by atoms with Gasteiger partial charge in [0, 0.05) is 28.6 Å². The average Bonchev–Trinajstić information content (AvgIpc) is 3.41. The van der Waals surface area contributed by atoms with Crippen LogP contribution in [0.2, 0.25) is 0 Å². The van der Waals surface area contributed by atoms with Crippen molar-refractivity contribution in [2.75, 3.05) is 10.9 Å². The number of benzene rings is 4. The van der Waals surface area contributed by atoms with Crippen LogP contribution in [0.15, 0.2) is 106 Å². The lowest BCUT2D eigenvalue weighted by molar-refractivity contribution is -0.384. The predicted octanol–water partition coefficient (Wildman–Crippen LogP) is 6.78. The Balaban J connectivity index is 1.72. The second-order valence-corrected chi connectivity index (χ2v) is 11.2. The van der Waals surface area contributed by atoms with Gasteiger partial charge >= 0.3 is 5.97 Å². The zero-order chi connectivity index (χ0) is 30.7. The Kier molecular flexibility index (Phi) is 8.09. The van der Waals surface area contributed by atoms with E-state index in [9.17, 15) is 28.1 Å². The van der Waals surface area contributed by atoms with Gasteiger partial charge in [0.2, 0.25) is 0 Å². The number of non-ortho nitro benzene ring substituents is 1. The quantitative estimate of drug-likeness (QED) is 0.103. The minimum absolute atomic E-state index is 0.0682. The van der Waals surface area contributed by atoms with E-state index in [1.807, 2.05) is 13.0 Å². The molecule has 0 fully saturated rings. The molecule has 1 heterocycles. The first kappa shape index (κ1) is 29.2. The van der Waals surface area contributed by atoms with E-state index in [0.717, 1.165) is 17.7 Å². The molecule has 5 aromatic rings. The van der Waals surface area contributed by atoms with Crippen LogP contribution in [0.25, 0.3) is 22.3 Å². The van der Waals surface area contributed by atoms with Gasteiger partial charge in [-0.3, -0.25) is 14.9 Å². The zero-order valence-corrected chi connectivity index (χ0v) is 24.0. The van der Waals surface area contributed by atoms with Gasteiger partial charge in [0.1, 0.15) is 16.9 Å². The highest BCUT2D eigenvalue weighted by Gasteiger charge is 2.33. The smallest absolute Gasteiger partial charge is 0.342 e. The van der Waals surface area contributed by atoms with Crippen LogP contribution in [0.4, 0.5) is 11.4 Å². The topological polar surface area (TPSA) is 137 Å². The third-order valence-electron chi connectivity index (χ3n) is 6.80. The van der Waals surface area contributed by atoms with E-state index in [2.05, 4.69) is 0 Å². The van der Waals surface area contributed by atoms with E-state index in [-0.39, 0.29) is 50.7 Å². The molecule has 4 aromatic carbocycles. The SMILES string of the molecule is CCOC(=O)c1c(-c2ccccc2)oc2ccc(N(C(=O)c3ccc([N+](=O)[O-])cc3)S(=O)(=O)c3ccc(CC)cc3)cc12. The zero-order valence-electron chi connectivity index (χ0n) is 23.2. The standard InChI is InChI=1S/C32H26N2O8S/c1-3-21-10-17-26(18-11-21)43(39,40)33(31(35)23-12-14-24(15-13-23)34(37)38)25-16-19-28-27(20-25)29(32(36)41-4-2)30(42-28)22-8-6-5-7-9-22/h5-20H,3-4H2,1-2H3. The maximum atomic E-state index is 14.1. The lowest BCUT2D eigenvalue weighted by Crippen LogP contribution is -2.37. The molecule has 0 aliphatic rings. The van der Waals surface area contributed by atoms with Crippen LogP contribution in [0.3, 0.4) is 0 Å². The molecule has 5 rings (SSSR count). The van der Waals surface area contributed by atoms with Gasteiger partial charge in [0.05, 0.1) is 22.1 Å². The Morgan fingerprint density at radius 3 is 2.19 bits per heavy atom. The molecule has 0 bridgehead atoms. The van der Waals surface area contributed by atoms with Crippen LogP contribution in [0.1, 0.15) is 40.1 Å². The lowest BCUT2D eigenvalue weighted by Gasteiger charge is -2.23. The normalized spacial score (nSPS) is 11.3. The first-order valence-corrected chi connectivity index (χ1v) is 14.8. The van der Waals surface area contributed by atoms with Crippen LogP contribution >= 0.6 is 0 Å². The fourth-order valence-electron chi connectivity index (χ4n) is 4.62. The summed E-state index contributed by atoms with van der Waals surface area (Å²) in [6.07, 6.45) is 0.684. The van der Waals surface area contributed by atoms with Crippen LogP contribution in [-0.4, -0.2) is 31.8 Å². The van der Waals surface area contributed by atoms with Crippen molar-refractivity contribution in [3.8, 4) is 11.3 Å². The molecule has 0 aliphatic carbocycles. The number of hydrogen-bond acceptors (Lipinski definition) is 8. The Morgan fingerprint density at radius 1 is 0.907 bits per heavy atom. The van der Waals surface area contributed by atoms with Crippen LogP contribution < -0.4 is 4.31 Å². The summed E-state index contributed by atoms with van der Waals surface area (Å²) in [5.74, 6) is -1.39. The number of esters is 1. The summed E-state index contributed by atoms with van der Waals surface area (Å²) in [7, 11) is -4.51. The Labute approximate surface area is 247 Å². The Bertz CT molecular complexity index is 1930. The summed E-state index contributed by atoms with van der Waals surface area (Å²) in [6.45, 7) is 3.68. The third kappa shape index (κ3) is 5.62. The Morgan fingerprint density at radius 2 is 1.58 bits per heavy atom. The fraction of sp³-hybridized carbons (Fsp3) is 0.125. The third-order valence-corrected chi connectivity index (χ3v) is 8.53. The molecule has 0 aliphatic heterocycles. The number of carbonyl (C=O) groups is 2. The summed E-state index contributed by atoms with van der Waals surface area (Å²) < 4.78 is 40.2. The van der Waals surface area contributed by atoms with Crippen molar-refractivity contribution in [2.45, 2.75) is 25.2 Å². The number of amides is 1. The average molecular weight is 599 g/mol. The summed E-state index contributed by atoms with van der Waals surface area (Å²) in [5.41, 5.74) is 1.44. The number of nitrogens with zero attached hydrogens (tertiary/aromatic N) is 2. The summed E-state index contributed by atoms with van der Waals surface area (Å²) in [5, 5.41) is 11.4. The van der Waals surface area contributed by atoms with E-state index < -0.39 is 26.8 Å². The summed E-state index contributed by atoms with van der Waals surface area (Å²) in [4.78, 5) is 37.5. The van der Waals surface area contributed by atoms with Gasteiger partial charge in [0.15, 0.2) is 0 Å². The molecule has 0 saturated heterocycles. The van der Waals surface area contributed by atoms with Gasteiger partial charge in [-0.2, -0.15) is 4.31 Å². The molecule has 1 aromatic heterocycles. The second kappa shape index (κ2) is 11.9. The highest BCUT2D eigenvalue weighted by Crippen LogP contribution is 2.38. The molecule has 10 nitrogen and oxygen atoms in total. The number of rotatable bonds is 9. The largest absolute Gasteiger partial charge is 0.462 e. The van der Waals surface area contributed by atoms with Gasteiger partial charge in [0.25, 0.3) is 21.6 Å². The van der Waals surface area contributed by atoms with Gasteiger partial charge < -0.3 is 9.15 Å². The molecule has 1 amide bonds. The first-order chi connectivity index (χ1) is 20.6. The molecule has 0 unspecified atom stereocenters. The molecule has 0 spiro atoms. The number of ether oxygens (including phenoxy) is 1. The van der Waals surface area contributed by atoms with Gasteiger partial charge in [-0.1, -0.05) is 49.4 Å². The summed E-state index contributed by atoms with van der Waals surface area (Å²) >= 11 is 0. The van der Waals surface area contributed by atoms with Crippen molar-refractivity contribution in [3.05, 3.63) is 124 Å². The van der Waals surface area contributed by atoms with Crippen LogP contribution in [0, 0.1) is 10.1 Å². The molecular formula is C32H26N2O8S. The molecule has 0 radical (unpaired) electrons. The van der Waals surface area contributed by atoms with Crippen LogP contribution in [0.5, 0.6) is 0 Å². The number of anilines is 1. The maximum absolute atomic E-state index is 14.1. The highest BCUT2D eigenvalue weighted by atomic mass is 32.2. The molecule has 43 heavy (non-hydrogen) atoms. The predicted molar refractivity (Wildman–Crippen MR) is 161 cm³/mol. The van der Waals surface area contributed by atoms with Crippen molar-refractivity contribution in [1.29, 1.82) is 0 Å². The fourth-order valence-corrected chi connectivity index (χ4v) is 6.03. The number of aryl methyl sites for hydroxylation is 1. The van der Waals surface area contributed by atoms with Gasteiger partial charge in [-0.25, -0.2) is 13.2 Å². The van der Waals surface area contributed by atoms with E-state index in [1.54, 1.807) is 43.3 Å². The number of fused-ring (bicyclic) bond motifs is 1. The summed E-state index contributed by atoms with van der Waals surface area (Å²) in [6, 6.07) is 23.9. The monoisotopic (exact) mass is 598 g/mol. The minimum Gasteiger partial charge on any atom is -0.462 e. The number of nitro groups is 1. The van der Waals surface area contributed by atoms with Crippen molar-refractivity contribution in [2.24, 2.45) is 0 Å². The first-order valence-electron chi connectivity index (χ1n) is 13.4. The Hall–Kier alpha value is -5.29. The number of nitro benzene ring substituents is 1. The van der Waals surface area contributed by atoms with Crippen molar-refractivity contribution >= 4 is 44.2 Å². The van der Waals surface area contributed by atoms with E-state index in [1.165, 1.54) is 42.5 Å². The number of carbonyl (C=O) groups excluding carboxylic acids is 2. The van der Waals surface area contributed by atoms with E-state index >= 15 is 0 Å². The lowest BCUT2D eigenvalue weighted by atomic mass is 10.1.